The Kier molecular flexibility index (Phi) is 10.2. The van der Waals surface area contributed by atoms with Gasteiger partial charge in [0.1, 0.15) is 5.75 Å². The lowest BCUT2D eigenvalue weighted by atomic mass is 9.98. The molecule has 4 aromatic rings. The van der Waals surface area contributed by atoms with Gasteiger partial charge in [0, 0.05) is 36.7 Å². The Balaban J connectivity index is 0.000000186. The van der Waals surface area contributed by atoms with E-state index >= 15 is 0 Å². The molecule has 4 heteroatoms. The highest BCUT2D eigenvalue weighted by Crippen LogP contribution is 2.30. The first kappa shape index (κ1) is 27.7. The molecule has 1 aromatic heterocycles. The van der Waals surface area contributed by atoms with Crippen LogP contribution >= 0.6 is 0 Å². The van der Waals surface area contributed by atoms with E-state index in [4.69, 9.17) is 4.74 Å². The quantitative estimate of drug-likeness (QED) is 0.232. The highest BCUT2D eigenvalue weighted by molar-refractivity contribution is 6.10. The van der Waals surface area contributed by atoms with Gasteiger partial charge in [-0.2, -0.15) is 0 Å². The Morgan fingerprint density at radius 3 is 2.32 bits per heavy atom. The SMILES string of the molecule is CCCCN1CCCc2ccccc2CC1.CCn1cc(C(=O)Cc2ccccc2)c2cccc(OC)c21. The number of unbranched alkanes of at least 4 members (excludes halogenated alkanes) is 1. The largest absolute Gasteiger partial charge is 0.495 e. The molecule has 0 fully saturated rings. The molecular weight excluding hydrogens is 468 g/mol. The Labute approximate surface area is 228 Å². The van der Waals surface area contributed by atoms with Crippen LogP contribution in [0.4, 0.5) is 0 Å². The summed E-state index contributed by atoms with van der Waals surface area (Å²) in [7, 11) is 1.66. The first-order valence-corrected chi connectivity index (χ1v) is 14.2. The van der Waals surface area contributed by atoms with E-state index in [2.05, 4.69) is 47.6 Å². The van der Waals surface area contributed by atoms with Crippen molar-refractivity contribution >= 4 is 16.7 Å². The van der Waals surface area contributed by atoms with Crippen LogP contribution < -0.4 is 4.74 Å². The lowest BCUT2D eigenvalue weighted by molar-refractivity contribution is 0.0994. The third kappa shape index (κ3) is 6.93. The Bertz CT molecular complexity index is 1310. The van der Waals surface area contributed by atoms with E-state index in [0.717, 1.165) is 34.3 Å². The monoisotopic (exact) mass is 510 g/mol. The molecule has 0 radical (unpaired) electrons. The molecular formula is C34H42N2O2. The number of ether oxygens (including phenoxy) is 1. The summed E-state index contributed by atoms with van der Waals surface area (Å²) in [5.41, 5.74) is 5.94. The van der Waals surface area contributed by atoms with Gasteiger partial charge in [-0.15, -0.1) is 0 Å². The molecule has 0 aliphatic carbocycles. The number of aryl methyl sites for hydroxylation is 2. The molecule has 0 bridgehead atoms. The van der Waals surface area contributed by atoms with Crippen LogP contribution in [0.15, 0.2) is 79.0 Å². The second-order valence-corrected chi connectivity index (χ2v) is 10.1. The summed E-state index contributed by atoms with van der Waals surface area (Å²) in [4.78, 5) is 15.3. The van der Waals surface area contributed by atoms with Crippen molar-refractivity contribution in [2.24, 2.45) is 0 Å². The molecule has 1 aliphatic heterocycles. The maximum atomic E-state index is 12.7. The molecule has 0 spiro atoms. The second-order valence-electron chi connectivity index (χ2n) is 10.1. The minimum atomic E-state index is 0.136. The molecule has 38 heavy (non-hydrogen) atoms. The topological polar surface area (TPSA) is 34.5 Å². The fourth-order valence-corrected chi connectivity index (χ4v) is 5.37. The number of methoxy groups -OCH3 is 1. The zero-order chi connectivity index (χ0) is 26.7. The fourth-order valence-electron chi connectivity index (χ4n) is 5.37. The zero-order valence-corrected chi connectivity index (χ0v) is 23.3. The van der Waals surface area contributed by atoms with Crippen LogP contribution in [0.25, 0.3) is 10.9 Å². The number of ketones is 1. The van der Waals surface area contributed by atoms with Gasteiger partial charge in [0.15, 0.2) is 5.78 Å². The van der Waals surface area contributed by atoms with Crippen molar-refractivity contribution < 1.29 is 9.53 Å². The number of carbonyl (C=O) groups is 1. The molecule has 0 amide bonds. The van der Waals surface area contributed by atoms with Crippen LogP contribution in [0.3, 0.4) is 0 Å². The van der Waals surface area contributed by atoms with Crippen molar-refractivity contribution in [2.75, 3.05) is 26.7 Å². The smallest absolute Gasteiger partial charge is 0.169 e. The van der Waals surface area contributed by atoms with E-state index in [0.29, 0.717) is 6.42 Å². The number of aromatic nitrogens is 1. The fraction of sp³-hybridized carbons (Fsp3) is 0.382. The van der Waals surface area contributed by atoms with Crippen LogP contribution in [-0.2, 0) is 25.8 Å². The van der Waals surface area contributed by atoms with E-state index < -0.39 is 0 Å². The van der Waals surface area contributed by atoms with E-state index in [1.807, 2.05) is 54.7 Å². The molecule has 1 aliphatic rings. The van der Waals surface area contributed by atoms with Crippen molar-refractivity contribution in [1.82, 2.24) is 9.47 Å². The Morgan fingerprint density at radius 2 is 1.61 bits per heavy atom. The van der Waals surface area contributed by atoms with Crippen molar-refractivity contribution in [1.29, 1.82) is 0 Å². The number of nitrogens with zero attached hydrogens (tertiary/aromatic N) is 2. The minimum Gasteiger partial charge on any atom is -0.495 e. The van der Waals surface area contributed by atoms with Gasteiger partial charge in [-0.3, -0.25) is 4.79 Å². The third-order valence-electron chi connectivity index (χ3n) is 7.49. The number of fused-ring (bicyclic) bond motifs is 2. The minimum absolute atomic E-state index is 0.136. The van der Waals surface area contributed by atoms with Gasteiger partial charge in [0.05, 0.1) is 12.6 Å². The molecule has 0 saturated heterocycles. The Hall–Kier alpha value is -3.37. The summed E-state index contributed by atoms with van der Waals surface area (Å²) < 4.78 is 7.52. The van der Waals surface area contributed by atoms with Crippen molar-refractivity contribution in [2.45, 2.75) is 58.9 Å². The van der Waals surface area contributed by atoms with Crippen LogP contribution in [0, 0.1) is 0 Å². The average Bonchev–Trinajstić information content (AvgIpc) is 3.33. The number of rotatable bonds is 8. The number of hydrogen-bond acceptors (Lipinski definition) is 3. The van der Waals surface area contributed by atoms with E-state index in [1.54, 1.807) is 18.2 Å². The van der Waals surface area contributed by atoms with Gasteiger partial charge < -0.3 is 14.2 Å². The summed E-state index contributed by atoms with van der Waals surface area (Å²) in [5.74, 6) is 0.940. The van der Waals surface area contributed by atoms with Crippen LogP contribution in [0.1, 0.15) is 60.2 Å². The highest BCUT2D eigenvalue weighted by Gasteiger charge is 2.17. The van der Waals surface area contributed by atoms with Gasteiger partial charge in [-0.1, -0.05) is 80.1 Å². The summed E-state index contributed by atoms with van der Waals surface area (Å²) in [6.45, 7) is 8.97. The standard InChI is InChI=1S/C19H19NO2.C15H23N/c1-3-20-13-16(15-10-7-11-18(22-2)19(15)20)17(21)12-14-8-5-4-6-9-14;1-2-3-11-16-12-6-9-14-7-4-5-8-15(14)10-13-16/h4-11,13H,3,12H2,1-2H3;4-5,7-8H,2-3,6,9-13H2,1H3. The predicted molar refractivity (Wildman–Crippen MR) is 158 cm³/mol. The number of hydrogen-bond donors (Lipinski definition) is 0. The number of carbonyl (C=O) groups excluding carboxylic acids is 1. The zero-order valence-electron chi connectivity index (χ0n) is 23.3. The lowest BCUT2D eigenvalue weighted by Gasteiger charge is -2.25. The second kappa shape index (κ2) is 14.0. The van der Waals surface area contributed by atoms with E-state index in [1.165, 1.54) is 51.7 Å². The van der Waals surface area contributed by atoms with Crippen LogP contribution in [-0.4, -0.2) is 42.0 Å². The molecule has 2 heterocycles. The van der Waals surface area contributed by atoms with E-state index in [-0.39, 0.29) is 5.78 Å². The maximum Gasteiger partial charge on any atom is 0.169 e. The molecule has 0 atom stereocenters. The summed E-state index contributed by atoms with van der Waals surface area (Å²) >= 11 is 0. The van der Waals surface area contributed by atoms with Gasteiger partial charge in [-0.25, -0.2) is 0 Å². The number of Topliss-reactive ketones (excluding diaryl/α,β-unsaturated/α-hetero) is 1. The maximum absolute atomic E-state index is 12.7. The van der Waals surface area contributed by atoms with Crippen molar-refractivity contribution in [3.8, 4) is 5.75 Å². The number of benzene rings is 3. The van der Waals surface area contributed by atoms with Crippen molar-refractivity contribution in [3.63, 3.8) is 0 Å². The molecule has 0 saturated carbocycles. The third-order valence-corrected chi connectivity index (χ3v) is 7.49. The van der Waals surface area contributed by atoms with Gasteiger partial charge >= 0.3 is 0 Å². The first-order valence-electron chi connectivity index (χ1n) is 14.2. The van der Waals surface area contributed by atoms with E-state index in [9.17, 15) is 4.79 Å². The highest BCUT2D eigenvalue weighted by atomic mass is 16.5. The normalized spacial score (nSPS) is 13.7. The molecule has 0 unspecified atom stereocenters. The molecule has 4 nitrogen and oxygen atoms in total. The number of para-hydroxylation sites is 1. The predicted octanol–water partition coefficient (Wildman–Crippen LogP) is 7.37. The molecule has 5 rings (SSSR count). The average molecular weight is 511 g/mol. The molecule has 3 aromatic carbocycles. The van der Waals surface area contributed by atoms with Crippen molar-refractivity contribution in [3.05, 3.63) is 101 Å². The molecule has 0 N–H and O–H groups in total. The van der Waals surface area contributed by atoms with Crippen LogP contribution in [0.5, 0.6) is 5.75 Å². The Morgan fingerprint density at radius 1 is 0.868 bits per heavy atom. The van der Waals surface area contributed by atoms with Crippen LogP contribution in [0.2, 0.25) is 0 Å². The first-order chi connectivity index (χ1) is 18.6. The van der Waals surface area contributed by atoms with Gasteiger partial charge in [0.25, 0.3) is 0 Å². The lowest BCUT2D eigenvalue weighted by Crippen LogP contribution is -2.30. The van der Waals surface area contributed by atoms with Gasteiger partial charge in [0.2, 0.25) is 0 Å². The summed E-state index contributed by atoms with van der Waals surface area (Å²) in [6, 6.07) is 24.7. The molecule has 200 valence electrons. The summed E-state index contributed by atoms with van der Waals surface area (Å²) in [5, 5.41) is 0.960. The van der Waals surface area contributed by atoms with Gasteiger partial charge in [-0.05, 0) is 68.5 Å². The summed E-state index contributed by atoms with van der Waals surface area (Å²) in [6.07, 6.45) is 8.84.